The average molecular weight is 323 g/mol. The predicted octanol–water partition coefficient (Wildman–Crippen LogP) is 4.07. The molecule has 0 bridgehead atoms. The molecule has 0 spiro atoms. The zero-order valence-electron chi connectivity index (χ0n) is 10.7. The van der Waals surface area contributed by atoms with E-state index in [0.717, 1.165) is 28.7 Å². The van der Waals surface area contributed by atoms with E-state index in [-0.39, 0.29) is 11.9 Å². The summed E-state index contributed by atoms with van der Waals surface area (Å²) >= 11 is 3.38. The van der Waals surface area contributed by atoms with Gasteiger partial charge in [-0.15, -0.1) is 0 Å². The van der Waals surface area contributed by atoms with Gasteiger partial charge >= 0.3 is 0 Å². The smallest absolute Gasteiger partial charge is 0.123 e. The van der Waals surface area contributed by atoms with Crippen LogP contribution >= 0.6 is 15.9 Å². The average Bonchev–Trinajstić information content (AvgIpc) is 2.43. The fourth-order valence-corrected chi connectivity index (χ4v) is 2.13. The van der Waals surface area contributed by atoms with Crippen molar-refractivity contribution in [2.75, 3.05) is 6.54 Å². The molecule has 19 heavy (non-hydrogen) atoms. The quantitative estimate of drug-likeness (QED) is 0.897. The molecule has 2 nitrogen and oxygen atoms in total. The third-order valence-electron chi connectivity index (χ3n) is 2.85. The minimum atomic E-state index is -0.221. The third-order valence-corrected chi connectivity index (χ3v) is 3.32. The van der Waals surface area contributed by atoms with Gasteiger partial charge in [-0.25, -0.2) is 4.39 Å². The summed E-state index contributed by atoms with van der Waals surface area (Å²) in [6, 6.07) is 10.5. The van der Waals surface area contributed by atoms with Crippen LogP contribution in [0.25, 0.3) is 0 Å². The topological polar surface area (TPSA) is 24.9 Å². The summed E-state index contributed by atoms with van der Waals surface area (Å²) in [7, 11) is 0. The molecule has 2 rings (SSSR count). The second-order valence-corrected chi connectivity index (χ2v) is 5.26. The highest BCUT2D eigenvalue weighted by atomic mass is 79.9. The standard InChI is InChI=1S/C15H16BrFN2/c1-2-9-18-15(11-3-6-13(17)7-4-11)14-8-5-12(16)10-19-14/h3-8,10,15,18H,2,9H2,1H3. The van der Waals surface area contributed by atoms with Gasteiger partial charge in [-0.05, 0) is 58.7 Å². The zero-order valence-corrected chi connectivity index (χ0v) is 12.3. The number of hydrogen-bond donors (Lipinski definition) is 1. The minimum absolute atomic E-state index is 0.00588. The van der Waals surface area contributed by atoms with Crippen LogP contribution in [0.3, 0.4) is 0 Å². The lowest BCUT2D eigenvalue weighted by molar-refractivity contribution is 0.582. The molecular formula is C15H16BrFN2. The highest BCUT2D eigenvalue weighted by Gasteiger charge is 2.14. The number of nitrogens with zero attached hydrogens (tertiary/aromatic N) is 1. The first kappa shape index (κ1) is 14.2. The van der Waals surface area contributed by atoms with Crippen LogP contribution in [0.2, 0.25) is 0 Å². The molecule has 0 aliphatic heterocycles. The molecule has 1 unspecified atom stereocenters. The van der Waals surface area contributed by atoms with E-state index in [2.05, 4.69) is 33.2 Å². The highest BCUT2D eigenvalue weighted by molar-refractivity contribution is 9.10. The Labute approximate surface area is 121 Å². The van der Waals surface area contributed by atoms with E-state index in [1.165, 1.54) is 12.1 Å². The summed E-state index contributed by atoms with van der Waals surface area (Å²) in [6.45, 7) is 3.00. The van der Waals surface area contributed by atoms with Crippen molar-refractivity contribution >= 4 is 15.9 Å². The highest BCUT2D eigenvalue weighted by Crippen LogP contribution is 2.22. The summed E-state index contributed by atoms with van der Waals surface area (Å²) in [4.78, 5) is 4.43. The van der Waals surface area contributed by atoms with Crippen LogP contribution in [0, 0.1) is 5.82 Å². The summed E-state index contributed by atoms with van der Waals surface area (Å²) in [5.41, 5.74) is 1.95. The molecule has 0 amide bonds. The first-order valence-electron chi connectivity index (χ1n) is 6.31. The number of hydrogen-bond acceptors (Lipinski definition) is 2. The van der Waals surface area contributed by atoms with Crippen molar-refractivity contribution in [3.8, 4) is 0 Å². The summed E-state index contributed by atoms with van der Waals surface area (Å²) in [5, 5.41) is 3.44. The van der Waals surface area contributed by atoms with E-state index >= 15 is 0 Å². The Bertz CT molecular complexity index is 465. The predicted molar refractivity (Wildman–Crippen MR) is 78.5 cm³/mol. The molecule has 0 saturated carbocycles. The number of benzene rings is 1. The molecule has 0 aliphatic rings. The molecule has 1 aromatic heterocycles. The first-order valence-corrected chi connectivity index (χ1v) is 7.10. The van der Waals surface area contributed by atoms with Crippen molar-refractivity contribution in [1.29, 1.82) is 0 Å². The van der Waals surface area contributed by atoms with Crippen molar-refractivity contribution in [2.24, 2.45) is 0 Å². The van der Waals surface area contributed by atoms with Gasteiger partial charge in [0, 0.05) is 10.7 Å². The van der Waals surface area contributed by atoms with Gasteiger partial charge in [0.15, 0.2) is 0 Å². The molecule has 2 aromatic rings. The second-order valence-electron chi connectivity index (χ2n) is 4.34. The Hall–Kier alpha value is -1.26. The molecule has 0 radical (unpaired) electrons. The van der Waals surface area contributed by atoms with Crippen LogP contribution in [0.4, 0.5) is 4.39 Å². The molecular weight excluding hydrogens is 307 g/mol. The summed E-state index contributed by atoms with van der Waals surface area (Å²) < 4.78 is 14.0. The van der Waals surface area contributed by atoms with Crippen LogP contribution in [0.15, 0.2) is 47.1 Å². The van der Waals surface area contributed by atoms with E-state index in [9.17, 15) is 4.39 Å². The number of rotatable bonds is 5. The lowest BCUT2D eigenvalue weighted by Gasteiger charge is -2.18. The number of pyridine rings is 1. The fourth-order valence-electron chi connectivity index (χ4n) is 1.90. The molecule has 1 atom stereocenters. The van der Waals surface area contributed by atoms with Crippen molar-refractivity contribution in [2.45, 2.75) is 19.4 Å². The molecule has 0 fully saturated rings. The van der Waals surface area contributed by atoms with Crippen LogP contribution < -0.4 is 5.32 Å². The van der Waals surface area contributed by atoms with Crippen molar-refractivity contribution in [1.82, 2.24) is 10.3 Å². The minimum Gasteiger partial charge on any atom is -0.305 e. The van der Waals surface area contributed by atoms with Gasteiger partial charge in [-0.1, -0.05) is 19.1 Å². The van der Waals surface area contributed by atoms with Gasteiger partial charge in [0.05, 0.1) is 11.7 Å². The normalized spacial score (nSPS) is 12.4. The first-order chi connectivity index (χ1) is 9.20. The fraction of sp³-hybridized carbons (Fsp3) is 0.267. The molecule has 4 heteroatoms. The Morgan fingerprint density at radius 3 is 2.53 bits per heavy atom. The summed E-state index contributed by atoms with van der Waals surface area (Å²) in [5.74, 6) is -0.221. The van der Waals surface area contributed by atoms with Crippen LogP contribution in [-0.2, 0) is 0 Å². The number of aromatic nitrogens is 1. The van der Waals surface area contributed by atoms with Gasteiger partial charge in [-0.2, -0.15) is 0 Å². The maximum absolute atomic E-state index is 13.0. The third kappa shape index (κ3) is 3.85. The Morgan fingerprint density at radius 2 is 1.95 bits per heavy atom. The molecule has 1 heterocycles. The Balaban J connectivity index is 2.29. The maximum atomic E-state index is 13.0. The zero-order chi connectivity index (χ0) is 13.7. The Morgan fingerprint density at radius 1 is 1.21 bits per heavy atom. The lowest BCUT2D eigenvalue weighted by Crippen LogP contribution is -2.24. The largest absolute Gasteiger partial charge is 0.305 e. The lowest BCUT2D eigenvalue weighted by atomic mass is 10.0. The van der Waals surface area contributed by atoms with E-state index in [1.807, 2.05) is 12.1 Å². The molecule has 100 valence electrons. The van der Waals surface area contributed by atoms with E-state index in [4.69, 9.17) is 0 Å². The van der Waals surface area contributed by atoms with Crippen LogP contribution in [0.5, 0.6) is 0 Å². The second kappa shape index (κ2) is 6.78. The van der Waals surface area contributed by atoms with Crippen LogP contribution in [-0.4, -0.2) is 11.5 Å². The maximum Gasteiger partial charge on any atom is 0.123 e. The van der Waals surface area contributed by atoms with E-state index in [0.29, 0.717) is 0 Å². The SMILES string of the molecule is CCCNC(c1ccc(F)cc1)c1ccc(Br)cn1. The van der Waals surface area contributed by atoms with Gasteiger partial charge in [0.2, 0.25) is 0 Å². The van der Waals surface area contributed by atoms with E-state index in [1.54, 1.807) is 18.3 Å². The van der Waals surface area contributed by atoms with Crippen molar-refractivity contribution < 1.29 is 4.39 Å². The van der Waals surface area contributed by atoms with Gasteiger partial charge in [0.25, 0.3) is 0 Å². The van der Waals surface area contributed by atoms with Gasteiger partial charge in [-0.3, -0.25) is 4.98 Å². The van der Waals surface area contributed by atoms with Gasteiger partial charge < -0.3 is 5.32 Å². The number of nitrogens with one attached hydrogen (secondary N) is 1. The molecule has 0 aliphatic carbocycles. The van der Waals surface area contributed by atoms with Crippen LogP contribution in [0.1, 0.15) is 30.6 Å². The monoisotopic (exact) mass is 322 g/mol. The van der Waals surface area contributed by atoms with Gasteiger partial charge in [0.1, 0.15) is 5.82 Å². The Kier molecular flexibility index (Phi) is 5.05. The molecule has 0 saturated heterocycles. The summed E-state index contributed by atoms with van der Waals surface area (Å²) in [6.07, 6.45) is 2.81. The van der Waals surface area contributed by atoms with E-state index < -0.39 is 0 Å². The van der Waals surface area contributed by atoms with Crippen molar-refractivity contribution in [3.63, 3.8) is 0 Å². The number of halogens is 2. The molecule has 1 aromatic carbocycles. The molecule has 1 N–H and O–H groups in total. The van der Waals surface area contributed by atoms with Crippen molar-refractivity contribution in [3.05, 3.63) is 64.1 Å².